The van der Waals surface area contributed by atoms with E-state index < -0.39 is 11.2 Å². The third kappa shape index (κ3) is 5.83. The molecule has 1 atom stereocenters. The fourth-order valence-corrected chi connectivity index (χ4v) is 4.40. The number of hydrogen-bond acceptors (Lipinski definition) is 8. The molecule has 1 fully saturated rings. The highest BCUT2D eigenvalue weighted by atomic mass is 32.2. The number of rotatable bonds is 8. The minimum absolute atomic E-state index is 0.0668. The van der Waals surface area contributed by atoms with Crippen LogP contribution in [0.15, 0.2) is 47.5 Å². The highest BCUT2D eigenvalue weighted by molar-refractivity contribution is 8.15. The number of amides is 2. The molecule has 1 heterocycles. The quantitative estimate of drug-likeness (QED) is 0.463. The lowest BCUT2D eigenvalue weighted by molar-refractivity contribution is -0.132. The van der Waals surface area contributed by atoms with Crippen LogP contribution in [0.3, 0.4) is 0 Å². The highest BCUT2D eigenvalue weighted by Crippen LogP contribution is 2.36. The van der Waals surface area contributed by atoms with E-state index in [1.165, 1.54) is 30.7 Å². The number of esters is 1. The number of nitrogens with one attached hydrogen (secondary N) is 1. The molecule has 10 heteroatoms. The summed E-state index contributed by atoms with van der Waals surface area (Å²) in [6.45, 7) is 3.53. The van der Waals surface area contributed by atoms with Crippen LogP contribution < -0.4 is 19.5 Å². The number of para-hydroxylation sites is 2. The van der Waals surface area contributed by atoms with Crippen molar-refractivity contribution in [2.45, 2.75) is 25.5 Å². The average molecular weight is 472 g/mol. The van der Waals surface area contributed by atoms with Gasteiger partial charge in [0.05, 0.1) is 19.9 Å². The van der Waals surface area contributed by atoms with E-state index >= 15 is 0 Å². The summed E-state index contributed by atoms with van der Waals surface area (Å²) in [6.07, 6.45) is -0.0668. The number of thioether (sulfide) groups is 1. The number of carbonyl (C=O) groups is 3. The fourth-order valence-electron chi connectivity index (χ4n) is 3.19. The summed E-state index contributed by atoms with van der Waals surface area (Å²) in [5.41, 5.74) is 0.876. The Balaban J connectivity index is 1.77. The molecule has 2 aromatic rings. The lowest BCUT2D eigenvalue weighted by atomic mass is 10.2. The van der Waals surface area contributed by atoms with Crippen molar-refractivity contribution in [3.8, 4) is 17.2 Å². The summed E-state index contributed by atoms with van der Waals surface area (Å²) in [4.78, 5) is 43.1. The number of nitrogens with zero attached hydrogens (tertiary/aromatic N) is 2. The predicted molar refractivity (Wildman–Crippen MR) is 126 cm³/mol. The van der Waals surface area contributed by atoms with Crippen molar-refractivity contribution in [2.75, 3.05) is 26.1 Å². The molecule has 0 saturated carbocycles. The van der Waals surface area contributed by atoms with Crippen LogP contribution in [0.1, 0.15) is 20.3 Å². The fraction of sp³-hybridized carbons (Fsp3) is 0.304. The van der Waals surface area contributed by atoms with Gasteiger partial charge in [0.15, 0.2) is 10.9 Å². The topological polar surface area (TPSA) is 107 Å². The van der Waals surface area contributed by atoms with Crippen LogP contribution in [0.25, 0.3) is 0 Å². The molecular formula is C23H25N3O6S. The van der Waals surface area contributed by atoms with Gasteiger partial charge in [-0.2, -0.15) is 0 Å². The van der Waals surface area contributed by atoms with Gasteiger partial charge < -0.3 is 19.5 Å². The first-order valence-electron chi connectivity index (χ1n) is 10.2. The molecule has 0 aliphatic carbocycles. The van der Waals surface area contributed by atoms with E-state index in [1.807, 2.05) is 6.92 Å². The van der Waals surface area contributed by atoms with Crippen LogP contribution in [0, 0.1) is 0 Å². The van der Waals surface area contributed by atoms with E-state index in [4.69, 9.17) is 14.2 Å². The van der Waals surface area contributed by atoms with Gasteiger partial charge in [-0.1, -0.05) is 23.9 Å². The van der Waals surface area contributed by atoms with Gasteiger partial charge in [0, 0.05) is 26.0 Å². The average Bonchev–Trinajstić information content (AvgIpc) is 3.08. The summed E-state index contributed by atoms with van der Waals surface area (Å²) in [6, 6.07) is 11.8. The number of amidine groups is 1. The van der Waals surface area contributed by atoms with E-state index in [0.29, 0.717) is 34.6 Å². The molecule has 2 amide bonds. The van der Waals surface area contributed by atoms with Crippen molar-refractivity contribution in [2.24, 2.45) is 4.99 Å². The Bertz CT molecular complexity index is 1090. The van der Waals surface area contributed by atoms with Crippen molar-refractivity contribution in [1.29, 1.82) is 0 Å². The minimum atomic E-state index is -0.638. The van der Waals surface area contributed by atoms with Crippen LogP contribution in [-0.4, -0.2) is 53.9 Å². The molecule has 9 nitrogen and oxygen atoms in total. The van der Waals surface area contributed by atoms with Gasteiger partial charge in [0.2, 0.25) is 11.8 Å². The first kappa shape index (κ1) is 24.1. The third-order valence-electron chi connectivity index (χ3n) is 4.72. The molecule has 0 aromatic heterocycles. The molecule has 1 N–H and O–H groups in total. The van der Waals surface area contributed by atoms with Gasteiger partial charge >= 0.3 is 5.97 Å². The van der Waals surface area contributed by atoms with E-state index in [9.17, 15) is 14.4 Å². The van der Waals surface area contributed by atoms with E-state index in [-0.39, 0.29) is 24.0 Å². The maximum Gasteiger partial charge on any atom is 0.308 e. The number of benzene rings is 2. The summed E-state index contributed by atoms with van der Waals surface area (Å²) >= 11 is 1.22. The zero-order chi connectivity index (χ0) is 24.0. The summed E-state index contributed by atoms with van der Waals surface area (Å²) in [5.74, 6) is 0.311. The van der Waals surface area contributed by atoms with Crippen LogP contribution in [0.5, 0.6) is 17.2 Å². The monoisotopic (exact) mass is 471 g/mol. The standard InChI is InChI=1S/C23H25N3O6S/c1-5-26-22(29)20(13-21(28)24-16-8-6-7-9-19(16)32-14(2)27)33-23(26)25-17-12-15(30-3)10-11-18(17)31-4/h6-12,20H,5,13H2,1-4H3,(H,24,28). The number of hydrogen-bond donors (Lipinski definition) is 1. The van der Waals surface area contributed by atoms with Gasteiger partial charge in [0.1, 0.15) is 22.4 Å². The molecule has 33 heavy (non-hydrogen) atoms. The molecule has 1 aliphatic rings. The zero-order valence-corrected chi connectivity index (χ0v) is 19.6. The minimum Gasteiger partial charge on any atom is -0.497 e. The lowest BCUT2D eigenvalue weighted by Crippen LogP contribution is -2.33. The SMILES string of the molecule is CCN1C(=O)C(CC(=O)Nc2ccccc2OC(C)=O)SC1=Nc1cc(OC)ccc1OC. The molecule has 1 saturated heterocycles. The van der Waals surface area contributed by atoms with Crippen LogP contribution in [0.2, 0.25) is 0 Å². The first-order chi connectivity index (χ1) is 15.9. The largest absolute Gasteiger partial charge is 0.497 e. The lowest BCUT2D eigenvalue weighted by Gasteiger charge is -2.14. The van der Waals surface area contributed by atoms with Crippen molar-refractivity contribution < 1.29 is 28.6 Å². The molecule has 1 aliphatic heterocycles. The Labute approximate surface area is 196 Å². The molecule has 0 radical (unpaired) electrons. The van der Waals surface area contributed by atoms with E-state index in [2.05, 4.69) is 10.3 Å². The smallest absolute Gasteiger partial charge is 0.308 e. The molecule has 0 spiro atoms. The Hall–Kier alpha value is -3.53. The third-order valence-corrected chi connectivity index (χ3v) is 5.90. The van der Waals surface area contributed by atoms with E-state index in [1.54, 1.807) is 49.6 Å². The Morgan fingerprint density at radius 1 is 1.12 bits per heavy atom. The molecule has 2 aromatic carbocycles. The van der Waals surface area contributed by atoms with Gasteiger partial charge in [0.25, 0.3) is 0 Å². The molecule has 1 unspecified atom stereocenters. The van der Waals surface area contributed by atoms with Gasteiger partial charge in [-0.15, -0.1) is 0 Å². The number of carbonyl (C=O) groups excluding carboxylic acids is 3. The highest BCUT2D eigenvalue weighted by Gasteiger charge is 2.38. The van der Waals surface area contributed by atoms with Crippen molar-refractivity contribution in [1.82, 2.24) is 4.90 Å². The predicted octanol–water partition coefficient (Wildman–Crippen LogP) is 3.61. The van der Waals surface area contributed by atoms with Crippen molar-refractivity contribution in [3.63, 3.8) is 0 Å². The number of ether oxygens (including phenoxy) is 3. The number of aliphatic imine (C=N–C) groups is 1. The second-order valence-corrected chi connectivity index (χ2v) is 8.13. The number of anilines is 1. The second-order valence-electron chi connectivity index (χ2n) is 6.96. The summed E-state index contributed by atoms with van der Waals surface area (Å²) in [7, 11) is 3.09. The van der Waals surface area contributed by atoms with Crippen molar-refractivity contribution >= 4 is 46.1 Å². The first-order valence-corrected chi connectivity index (χ1v) is 11.1. The van der Waals surface area contributed by atoms with E-state index in [0.717, 1.165) is 0 Å². The normalized spacial score (nSPS) is 16.6. The van der Waals surface area contributed by atoms with Gasteiger partial charge in [-0.25, -0.2) is 4.99 Å². The van der Waals surface area contributed by atoms with Gasteiger partial charge in [-0.3, -0.25) is 19.3 Å². The van der Waals surface area contributed by atoms with Crippen LogP contribution >= 0.6 is 11.8 Å². The number of methoxy groups -OCH3 is 2. The Morgan fingerprint density at radius 3 is 2.55 bits per heavy atom. The molecule has 3 rings (SSSR count). The van der Waals surface area contributed by atoms with Gasteiger partial charge in [-0.05, 0) is 31.2 Å². The molecular weight excluding hydrogens is 446 g/mol. The Kier molecular flexibility index (Phi) is 7.94. The maximum atomic E-state index is 12.9. The van der Waals surface area contributed by atoms with Crippen LogP contribution in [-0.2, 0) is 14.4 Å². The second kappa shape index (κ2) is 10.9. The van der Waals surface area contributed by atoms with Crippen molar-refractivity contribution in [3.05, 3.63) is 42.5 Å². The Morgan fingerprint density at radius 2 is 1.88 bits per heavy atom. The zero-order valence-electron chi connectivity index (χ0n) is 18.8. The molecule has 174 valence electrons. The summed E-state index contributed by atoms with van der Waals surface area (Å²) < 4.78 is 15.8. The maximum absolute atomic E-state index is 12.9. The van der Waals surface area contributed by atoms with Crippen LogP contribution in [0.4, 0.5) is 11.4 Å². The summed E-state index contributed by atoms with van der Waals surface area (Å²) in [5, 5.41) is 2.56. The molecule has 0 bridgehead atoms.